The highest BCUT2D eigenvalue weighted by molar-refractivity contribution is 5.55. The van der Waals surface area contributed by atoms with Gasteiger partial charge in [-0.25, -0.2) is 0 Å². The Bertz CT molecular complexity index is 468. The van der Waals surface area contributed by atoms with Gasteiger partial charge in [-0.15, -0.1) is 0 Å². The highest BCUT2D eigenvalue weighted by Gasteiger charge is 2.42. The van der Waals surface area contributed by atoms with Crippen LogP contribution in [0, 0.1) is 23.7 Å². The van der Waals surface area contributed by atoms with Crippen LogP contribution in [0.15, 0.2) is 0 Å². The predicted molar refractivity (Wildman–Crippen MR) is 69.3 cm³/mol. The Hall–Kier alpha value is -1.54. The molecule has 0 spiro atoms. The van der Waals surface area contributed by atoms with E-state index in [1.54, 1.807) is 11.8 Å². The van der Waals surface area contributed by atoms with Crippen molar-refractivity contribution in [3.8, 4) is 6.07 Å². The third kappa shape index (κ3) is 2.49. The predicted octanol–water partition coefficient (Wildman–Crippen LogP) is 1.83. The number of ether oxygens (including phenoxy) is 1. The summed E-state index contributed by atoms with van der Waals surface area (Å²) in [5.41, 5.74) is 1.80. The van der Waals surface area contributed by atoms with E-state index < -0.39 is 0 Å². The van der Waals surface area contributed by atoms with Gasteiger partial charge in [0.2, 0.25) is 0 Å². The summed E-state index contributed by atoms with van der Waals surface area (Å²) in [5.74, 6) is 0.832. The zero-order chi connectivity index (χ0) is 13.2. The minimum atomic E-state index is 0.362. The van der Waals surface area contributed by atoms with Crippen molar-refractivity contribution >= 4 is 5.82 Å². The molecule has 1 aliphatic carbocycles. The highest BCUT2D eigenvalue weighted by atomic mass is 16.5. The van der Waals surface area contributed by atoms with E-state index in [4.69, 9.17) is 10.00 Å². The maximum absolute atomic E-state index is 9.14. The average molecular weight is 248 g/mol. The van der Waals surface area contributed by atoms with E-state index in [0.717, 1.165) is 31.1 Å². The number of nitrogens with one attached hydrogen (secondary N) is 1. The Balaban J connectivity index is 2.01. The number of hydrogen-bond donors (Lipinski definition) is 1. The van der Waals surface area contributed by atoms with E-state index in [0.29, 0.717) is 11.0 Å². The Morgan fingerprint density at radius 3 is 2.83 bits per heavy atom. The maximum atomic E-state index is 9.14. The molecule has 18 heavy (non-hydrogen) atoms. The summed E-state index contributed by atoms with van der Waals surface area (Å²) < 4.78 is 6.90. The van der Waals surface area contributed by atoms with Crippen LogP contribution >= 0.6 is 0 Å². The molecule has 5 nitrogen and oxygen atoms in total. The number of aromatic nitrogens is 2. The molecule has 0 atom stereocenters. The number of methoxy groups -OCH3 is 1. The molecule has 1 N–H and O–H groups in total. The van der Waals surface area contributed by atoms with Crippen LogP contribution in [0.3, 0.4) is 0 Å². The van der Waals surface area contributed by atoms with Gasteiger partial charge >= 0.3 is 0 Å². The van der Waals surface area contributed by atoms with Crippen LogP contribution in [0.2, 0.25) is 0 Å². The molecule has 2 rings (SSSR count). The average Bonchev–Trinajstić information content (AvgIpc) is 3.06. The van der Waals surface area contributed by atoms with E-state index in [2.05, 4.69) is 16.5 Å². The van der Waals surface area contributed by atoms with E-state index >= 15 is 0 Å². The van der Waals surface area contributed by atoms with Crippen molar-refractivity contribution in [3.63, 3.8) is 0 Å². The number of nitriles is 1. The van der Waals surface area contributed by atoms with Gasteiger partial charge in [0.25, 0.3) is 0 Å². The van der Waals surface area contributed by atoms with Gasteiger partial charge < -0.3 is 10.1 Å². The summed E-state index contributed by atoms with van der Waals surface area (Å²) in [4.78, 5) is 0. The lowest BCUT2D eigenvalue weighted by molar-refractivity contribution is 0.175. The summed E-state index contributed by atoms with van der Waals surface area (Å²) in [5, 5.41) is 16.8. The van der Waals surface area contributed by atoms with Crippen molar-refractivity contribution in [3.05, 3.63) is 11.3 Å². The Morgan fingerprint density at radius 2 is 2.28 bits per heavy atom. The summed E-state index contributed by atoms with van der Waals surface area (Å²) in [6, 6.07) is 2.21. The van der Waals surface area contributed by atoms with Crippen molar-refractivity contribution in [1.82, 2.24) is 9.78 Å². The Kier molecular flexibility index (Phi) is 3.58. The minimum absolute atomic E-state index is 0.362. The van der Waals surface area contributed by atoms with Crippen LogP contribution in [0.1, 0.15) is 30.5 Å². The van der Waals surface area contributed by atoms with Crippen LogP contribution in [0.4, 0.5) is 5.82 Å². The smallest absolute Gasteiger partial charge is 0.142 e. The number of rotatable bonds is 6. The van der Waals surface area contributed by atoms with Crippen molar-refractivity contribution < 1.29 is 4.74 Å². The number of nitrogens with zero attached hydrogens (tertiary/aromatic N) is 3. The molecular formula is C13H20N4O. The van der Waals surface area contributed by atoms with E-state index in [9.17, 15) is 0 Å². The molecule has 5 heteroatoms. The van der Waals surface area contributed by atoms with Crippen LogP contribution in [-0.2, 0) is 11.8 Å². The fraction of sp³-hybridized carbons (Fsp3) is 0.692. The van der Waals surface area contributed by atoms with E-state index in [-0.39, 0.29) is 0 Å². The first kappa shape index (κ1) is 12.9. The third-order valence-corrected chi connectivity index (χ3v) is 3.76. The fourth-order valence-corrected chi connectivity index (χ4v) is 2.28. The van der Waals surface area contributed by atoms with Gasteiger partial charge in [0, 0.05) is 27.3 Å². The van der Waals surface area contributed by atoms with Gasteiger partial charge in [-0.3, -0.25) is 4.68 Å². The first-order chi connectivity index (χ1) is 8.62. The Labute approximate surface area is 108 Å². The van der Waals surface area contributed by atoms with Crippen LogP contribution < -0.4 is 5.32 Å². The monoisotopic (exact) mass is 248 g/mol. The second kappa shape index (κ2) is 4.99. The molecule has 0 aliphatic heterocycles. The van der Waals surface area contributed by atoms with Crippen molar-refractivity contribution in [1.29, 1.82) is 5.26 Å². The van der Waals surface area contributed by atoms with Crippen molar-refractivity contribution in [2.45, 2.75) is 26.2 Å². The van der Waals surface area contributed by atoms with Crippen molar-refractivity contribution in [2.24, 2.45) is 12.5 Å². The van der Waals surface area contributed by atoms with Gasteiger partial charge in [-0.1, -0.05) is 0 Å². The molecule has 0 amide bonds. The highest BCUT2D eigenvalue weighted by Crippen LogP contribution is 2.48. The van der Waals surface area contributed by atoms with Crippen molar-refractivity contribution in [2.75, 3.05) is 25.6 Å². The SMILES string of the molecule is COCCC1(CNc2c(C#N)c(C)nn2C)CC1. The molecule has 1 heterocycles. The first-order valence-corrected chi connectivity index (χ1v) is 6.28. The molecule has 1 aliphatic rings. The minimum Gasteiger partial charge on any atom is -0.385 e. The van der Waals surface area contributed by atoms with Gasteiger partial charge in [-0.05, 0) is 31.6 Å². The molecule has 1 aromatic heterocycles. The lowest BCUT2D eigenvalue weighted by Crippen LogP contribution is -2.19. The molecule has 98 valence electrons. The zero-order valence-electron chi connectivity index (χ0n) is 11.3. The topological polar surface area (TPSA) is 62.9 Å². The molecular weight excluding hydrogens is 228 g/mol. The number of aryl methyl sites for hydroxylation is 2. The van der Waals surface area contributed by atoms with Crippen LogP contribution in [-0.4, -0.2) is 30.0 Å². The van der Waals surface area contributed by atoms with Crippen LogP contribution in [0.25, 0.3) is 0 Å². The summed E-state index contributed by atoms with van der Waals surface area (Å²) in [6.07, 6.45) is 3.55. The fourth-order valence-electron chi connectivity index (χ4n) is 2.28. The molecule has 0 saturated heterocycles. The molecule has 1 fully saturated rings. The Morgan fingerprint density at radius 1 is 1.56 bits per heavy atom. The summed E-state index contributed by atoms with van der Waals surface area (Å²) >= 11 is 0. The van der Waals surface area contributed by atoms with Gasteiger partial charge in [0.15, 0.2) is 0 Å². The number of anilines is 1. The number of hydrogen-bond acceptors (Lipinski definition) is 4. The van der Waals surface area contributed by atoms with Gasteiger partial charge in [0.05, 0.1) is 5.69 Å². The van der Waals surface area contributed by atoms with E-state index in [1.165, 1.54) is 12.8 Å². The molecule has 0 bridgehead atoms. The van der Waals surface area contributed by atoms with Gasteiger partial charge in [-0.2, -0.15) is 10.4 Å². The third-order valence-electron chi connectivity index (χ3n) is 3.76. The molecule has 0 radical (unpaired) electrons. The summed E-state index contributed by atoms with van der Waals surface area (Å²) in [7, 11) is 3.60. The maximum Gasteiger partial charge on any atom is 0.142 e. The molecule has 0 unspecified atom stereocenters. The van der Waals surface area contributed by atoms with E-state index in [1.807, 2.05) is 14.0 Å². The first-order valence-electron chi connectivity index (χ1n) is 6.28. The van der Waals surface area contributed by atoms with Crippen LogP contribution in [0.5, 0.6) is 0 Å². The molecule has 1 saturated carbocycles. The second-order valence-electron chi connectivity index (χ2n) is 5.14. The standard InChI is InChI=1S/C13H20N4O/c1-10-11(8-14)12(17(2)16-10)15-9-13(4-5-13)6-7-18-3/h15H,4-7,9H2,1-3H3. The normalized spacial score (nSPS) is 16.3. The molecule has 0 aromatic carbocycles. The summed E-state index contributed by atoms with van der Waals surface area (Å²) in [6.45, 7) is 3.56. The second-order valence-corrected chi connectivity index (χ2v) is 5.14. The largest absolute Gasteiger partial charge is 0.385 e. The van der Waals surface area contributed by atoms with Gasteiger partial charge in [0.1, 0.15) is 17.5 Å². The lowest BCUT2D eigenvalue weighted by Gasteiger charge is -2.16. The molecule has 1 aromatic rings. The zero-order valence-corrected chi connectivity index (χ0v) is 11.3. The quantitative estimate of drug-likeness (QED) is 0.834. The lowest BCUT2D eigenvalue weighted by atomic mass is 10.0.